The third kappa shape index (κ3) is 3.00. The molecular formula is C16H12F3NO2. The zero-order valence-corrected chi connectivity index (χ0v) is 11.4. The highest BCUT2D eigenvalue weighted by molar-refractivity contribution is 5.81. The fourth-order valence-corrected chi connectivity index (χ4v) is 2.10. The molecule has 2 aromatic carbocycles. The van der Waals surface area contributed by atoms with Crippen LogP contribution in [-0.4, -0.2) is 0 Å². The molecule has 0 aliphatic rings. The fraction of sp³-hybridized carbons (Fsp3) is 0.125. The molecule has 0 aliphatic carbocycles. The van der Waals surface area contributed by atoms with Gasteiger partial charge in [0.15, 0.2) is 0 Å². The highest BCUT2D eigenvalue weighted by Gasteiger charge is 2.30. The van der Waals surface area contributed by atoms with E-state index in [-0.39, 0.29) is 12.4 Å². The highest BCUT2D eigenvalue weighted by Crippen LogP contribution is 2.31. The lowest BCUT2D eigenvalue weighted by Crippen LogP contribution is -2.05. The van der Waals surface area contributed by atoms with Crippen molar-refractivity contribution in [2.45, 2.75) is 12.8 Å². The number of fused-ring (bicyclic) bond motifs is 1. The predicted molar refractivity (Wildman–Crippen MR) is 76.4 cm³/mol. The van der Waals surface area contributed by atoms with Crippen LogP contribution in [0.25, 0.3) is 11.0 Å². The van der Waals surface area contributed by atoms with Gasteiger partial charge in [-0.1, -0.05) is 6.07 Å². The summed E-state index contributed by atoms with van der Waals surface area (Å²) in [5.74, 6) is 0.646. The highest BCUT2D eigenvalue weighted by atomic mass is 19.4. The maximum Gasteiger partial charge on any atom is 0.416 e. The summed E-state index contributed by atoms with van der Waals surface area (Å²) >= 11 is 0. The maximum atomic E-state index is 12.6. The SMILES string of the molecule is Nc1ccc2oc(COc3cccc(C(F)(F)F)c3)cc2c1. The van der Waals surface area contributed by atoms with E-state index in [0.717, 1.165) is 17.5 Å². The Morgan fingerprint density at radius 3 is 2.64 bits per heavy atom. The summed E-state index contributed by atoms with van der Waals surface area (Å²) in [5.41, 5.74) is 6.19. The van der Waals surface area contributed by atoms with Crippen LogP contribution in [0.2, 0.25) is 0 Å². The molecule has 0 fully saturated rings. The number of hydrogen-bond acceptors (Lipinski definition) is 3. The lowest BCUT2D eigenvalue weighted by molar-refractivity contribution is -0.137. The number of benzene rings is 2. The number of anilines is 1. The standard InChI is InChI=1S/C16H12F3NO2/c17-16(18,19)11-2-1-3-13(8-11)21-9-14-7-10-6-12(20)4-5-15(10)22-14/h1-8H,9,20H2. The first-order chi connectivity index (χ1) is 10.4. The molecule has 0 unspecified atom stereocenters. The molecule has 0 saturated carbocycles. The van der Waals surface area contributed by atoms with Crippen LogP contribution >= 0.6 is 0 Å². The number of furan rings is 1. The van der Waals surface area contributed by atoms with Gasteiger partial charge in [0.05, 0.1) is 5.56 Å². The Bertz CT molecular complexity index is 809. The Kier molecular flexibility index (Phi) is 3.44. The Hall–Kier alpha value is -2.63. The Balaban J connectivity index is 1.76. The van der Waals surface area contributed by atoms with Crippen LogP contribution in [0.4, 0.5) is 18.9 Å². The van der Waals surface area contributed by atoms with E-state index >= 15 is 0 Å². The second-order valence-electron chi connectivity index (χ2n) is 4.82. The third-order valence-electron chi connectivity index (χ3n) is 3.13. The molecule has 3 aromatic rings. The van der Waals surface area contributed by atoms with Crippen molar-refractivity contribution in [3.8, 4) is 5.75 Å². The zero-order valence-electron chi connectivity index (χ0n) is 11.4. The van der Waals surface area contributed by atoms with Gasteiger partial charge in [0.2, 0.25) is 0 Å². The quantitative estimate of drug-likeness (QED) is 0.719. The molecule has 1 aromatic heterocycles. The van der Waals surface area contributed by atoms with Gasteiger partial charge in [-0.05, 0) is 42.5 Å². The van der Waals surface area contributed by atoms with Gasteiger partial charge in [-0.25, -0.2) is 0 Å². The molecule has 0 radical (unpaired) electrons. The molecule has 0 atom stereocenters. The monoisotopic (exact) mass is 307 g/mol. The molecule has 0 amide bonds. The summed E-state index contributed by atoms with van der Waals surface area (Å²) in [6.07, 6.45) is -4.39. The van der Waals surface area contributed by atoms with E-state index in [2.05, 4.69) is 0 Å². The van der Waals surface area contributed by atoms with E-state index in [9.17, 15) is 13.2 Å². The number of nitrogens with two attached hydrogens (primary N) is 1. The summed E-state index contributed by atoms with van der Waals surface area (Å²) in [4.78, 5) is 0. The van der Waals surface area contributed by atoms with Gasteiger partial charge in [0, 0.05) is 11.1 Å². The van der Waals surface area contributed by atoms with Crippen LogP contribution in [0.3, 0.4) is 0 Å². The number of hydrogen-bond donors (Lipinski definition) is 1. The minimum Gasteiger partial charge on any atom is -0.486 e. The van der Waals surface area contributed by atoms with Gasteiger partial charge < -0.3 is 14.9 Å². The van der Waals surface area contributed by atoms with Gasteiger partial charge in [-0.15, -0.1) is 0 Å². The van der Waals surface area contributed by atoms with Crippen LogP contribution in [0.5, 0.6) is 5.75 Å². The largest absolute Gasteiger partial charge is 0.486 e. The first kappa shape index (κ1) is 14.3. The number of ether oxygens (including phenoxy) is 1. The molecule has 0 aliphatic heterocycles. The Labute approximate surface area is 124 Å². The van der Waals surface area contributed by atoms with Crippen LogP contribution < -0.4 is 10.5 Å². The van der Waals surface area contributed by atoms with Crippen LogP contribution in [0.1, 0.15) is 11.3 Å². The van der Waals surface area contributed by atoms with Crippen molar-refractivity contribution in [3.63, 3.8) is 0 Å². The topological polar surface area (TPSA) is 48.4 Å². The van der Waals surface area contributed by atoms with Crippen molar-refractivity contribution < 1.29 is 22.3 Å². The summed E-state index contributed by atoms with van der Waals surface area (Å²) in [6.45, 7) is 0.0376. The molecule has 6 heteroatoms. The van der Waals surface area contributed by atoms with Gasteiger partial charge in [0.1, 0.15) is 23.7 Å². The first-order valence-corrected chi connectivity index (χ1v) is 6.50. The molecule has 0 bridgehead atoms. The minimum atomic E-state index is -4.39. The third-order valence-corrected chi connectivity index (χ3v) is 3.13. The molecular weight excluding hydrogens is 295 g/mol. The lowest BCUT2D eigenvalue weighted by Gasteiger charge is -2.09. The summed E-state index contributed by atoms with van der Waals surface area (Å²) in [6, 6.07) is 11.7. The van der Waals surface area contributed by atoms with Crippen molar-refractivity contribution >= 4 is 16.7 Å². The van der Waals surface area contributed by atoms with E-state index < -0.39 is 11.7 Å². The van der Waals surface area contributed by atoms with Crippen molar-refractivity contribution in [3.05, 3.63) is 59.9 Å². The zero-order chi connectivity index (χ0) is 15.7. The predicted octanol–water partition coefficient (Wildman–Crippen LogP) is 4.61. The Morgan fingerprint density at radius 2 is 1.86 bits per heavy atom. The van der Waals surface area contributed by atoms with Crippen molar-refractivity contribution in [1.29, 1.82) is 0 Å². The average Bonchev–Trinajstić information content (AvgIpc) is 2.86. The molecule has 3 nitrogen and oxygen atoms in total. The van der Waals surface area contributed by atoms with Crippen LogP contribution in [0.15, 0.2) is 52.9 Å². The van der Waals surface area contributed by atoms with Gasteiger partial charge in [-0.3, -0.25) is 0 Å². The number of alkyl halides is 3. The molecule has 2 N–H and O–H groups in total. The minimum absolute atomic E-state index is 0.0376. The van der Waals surface area contributed by atoms with Crippen molar-refractivity contribution in [2.75, 3.05) is 5.73 Å². The summed E-state index contributed by atoms with van der Waals surface area (Å²) in [7, 11) is 0. The Morgan fingerprint density at radius 1 is 1.05 bits per heavy atom. The van der Waals surface area contributed by atoms with Crippen molar-refractivity contribution in [1.82, 2.24) is 0 Å². The molecule has 3 rings (SSSR count). The number of nitrogen functional groups attached to an aromatic ring is 1. The van der Waals surface area contributed by atoms with E-state index in [4.69, 9.17) is 14.9 Å². The molecule has 0 saturated heterocycles. The average molecular weight is 307 g/mol. The smallest absolute Gasteiger partial charge is 0.416 e. The van der Waals surface area contributed by atoms with E-state index in [0.29, 0.717) is 17.0 Å². The van der Waals surface area contributed by atoms with E-state index in [1.807, 2.05) is 0 Å². The molecule has 22 heavy (non-hydrogen) atoms. The number of rotatable bonds is 3. The normalized spacial score (nSPS) is 11.8. The first-order valence-electron chi connectivity index (χ1n) is 6.50. The lowest BCUT2D eigenvalue weighted by atomic mass is 10.2. The second kappa shape index (κ2) is 5.29. The van der Waals surface area contributed by atoms with Gasteiger partial charge >= 0.3 is 6.18 Å². The van der Waals surface area contributed by atoms with Gasteiger partial charge in [0.25, 0.3) is 0 Å². The summed E-state index contributed by atoms with van der Waals surface area (Å²) in [5, 5.41) is 0.822. The summed E-state index contributed by atoms with van der Waals surface area (Å²) < 4.78 is 48.8. The van der Waals surface area contributed by atoms with E-state index in [1.165, 1.54) is 12.1 Å². The van der Waals surface area contributed by atoms with Crippen molar-refractivity contribution in [2.24, 2.45) is 0 Å². The van der Waals surface area contributed by atoms with Crippen LogP contribution in [0, 0.1) is 0 Å². The van der Waals surface area contributed by atoms with E-state index in [1.54, 1.807) is 24.3 Å². The number of halogens is 3. The second-order valence-corrected chi connectivity index (χ2v) is 4.82. The molecule has 0 spiro atoms. The van der Waals surface area contributed by atoms with Gasteiger partial charge in [-0.2, -0.15) is 13.2 Å². The molecule has 114 valence electrons. The van der Waals surface area contributed by atoms with Crippen LogP contribution in [-0.2, 0) is 12.8 Å². The molecule has 1 heterocycles. The fourth-order valence-electron chi connectivity index (χ4n) is 2.10. The maximum absolute atomic E-state index is 12.6.